The molecule has 0 radical (unpaired) electrons. The molecule has 0 aromatic rings. The third-order valence-corrected chi connectivity index (χ3v) is 1.85. The molecule has 0 saturated heterocycles. The van der Waals surface area contributed by atoms with Crippen molar-refractivity contribution in [2.24, 2.45) is 11.1 Å². The molecule has 1 aliphatic carbocycles. The molecule has 0 aromatic heterocycles. The van der Waals surface area contributed by atoms with Crippen molar-refractivity contribution in [1.82, 2.24) is 0 Å². The van der Waals surface area contributed by atoms with E-state index in [0.29, 0.717) is 6.42 Å². The third kappa shape index (κ3) is 1.56. The zero-order valence-corrected chi connectivity index (χ0v) is 5.79. The largest absolute Gasteiger partial charge is 0.411 e. The first-order valence-corrected chi connectivity index (χ1v) is 3.55. The zero-order valence-electron chi connectivity index (χ0n) is 5.79. The minimum absolute atomic E-state index is 0.112. The van der Waals surface area contributed by atoms with Gasteiger partial charge in [-0.1, -0.05) is 6.42 Å². The van der Waals surface area contributed by atoms with E-state index in [1.165, 1.54) is 6.21 Å². The van der Waals surface area contributed by atoms with Gasteiger partial charge in [0.25, 0.3) is 0 Å². The lowest BCUT2D eigenvalue weighted by molar-refractivity contribution is -0.122. The fraction of sp³-hybridized carbons (Fsp3) is 0.714. The second-order valence-corrected chi connectivity index (χ2v) is 2.58. The second kappa shape index (κ2) is 3.34. The summed E-state index contributed by atoms with van der Waals surface area (Å²) in [7, 11) is 0. The van der Waals surface area contributed by atoms with Crippen molar-refractivity contribution in [3.8, 4) is 0 Å². The predicted molar refractivity (Wildman–Crippen MR) is 37.2 cm³/mol. The van der Waals surface area contributed by atoms with E-state index in [1.807, 2.05) is 0 Å². The van der Waals surface area contributed by atoms with Crippen LogP contribution in [0.4, 0.5) is 0 Å². The Morgan fingerprint density at radius 3 is 3.00 bits per heavy atom. The Morgan fingerprint density at radius 1 is 1.60 bits per heavy atom. The van der Waals surface area contributed by atoms with E-state index in [2.05, 4.69) is 5.16 Å². The summed E-state index contributed by atoms with van der Waals surface area (Å²) in [6.45, 7) is 0. The van der Waals surface area contributed by atoms with Crippen LogP contribution in [0.1, 0.15) is 25.7 Å². The molecule has 1 aliphatic rings. The van der Waals surface area contributed by atoms with E-state index in [9.17, 15) is 4.79 Å². The van der Waals surface area contributed by atoms with Gasteiger partial charge in [0.2, 0.25) is 0 Å². The highest BCUT2D eigenvalue weighted by Gasteiger charge is 2.19. The molecule has 0 aromatic carbocycles. The topological polar surface area (TPSA) is 49.7 Å². The highest BCUT2D eigenvalue weighted by atomic mass is 16.4. The number of rotatable bonds is 1. The van der Waals surface area contributed by atoms with Gasteiger partial charge in [0.05, 0.1) is 12.1 Å². The second-order valence-electron chi connectivity index (χ2n) is 2.58. The monoisotopic (exact) mass is 141 g/mol. The Kier molecular flexibility index (Phi) is 2.42. The summed E-state index contributed by atoms with van der Waals surface area (Å²) in [5, 5.41) is 11.0. The summed E-state index contributed by atoms with van der Waals surface area (Å²) < 4.78 is 0. The summed E-state index contributed by atoms with van der Waals surface area (Å²) in [5.41, 5.74) is 0. The van der Waals surface area contributed by atoms with Crippen LogP contribution in [-0.4, -0.2) is 17.2 Å². The van der Waals surface area contributed by atoms with E-state index in [0.717, 1.165) is 19.3 Å². The van der Waals surface area contributed by atoms with Gasteiger partial charge >= 0.3 is 0 Å². The van der Waals surface area contributed by atoms with Crippen molar-refractivity contribution >= 4 is 12.0 Å². The molecule has 1 saturated carbocycles. The molecule has 1 rings (SSSR count). The molecule has 3 heteroatoms. The first-order chi connectivity index (χ1) is 4.84. The lowest BCUT2D eigenvalue weighted by Crippen LogP contribution is -2.19. The summed E-state index contributed by atoms with van der Waals surface area (Å²) >= 11 is 0. The molecular formula is C7H11NO2. The number of oxime groups is 1. The summed E-state index contributed by atoms with van der Waals surface area (Å²) in [5.74, 6) is 0.0998. The van der Waals surface area contributed by atoms with Crippen LogP contribution in [0.2, 0.25) is 0 Å². The van der Waals surface area contributed by atoms with Crippen molar-refractivity contribution in [3.05, 3.63) is 0 Å². The SMILES string of the molecule is O=C1CCCCC1/C=N/O. The molecular weight excluding hydrogens is 130 g/mol. The van der Waals surface area contributed by atoms with Crippen LogP contribution >= 0.6 is 0 Å². The van der Waals surface area contributed by atoms with Crippen molar-refractivity contribution in [2.75, 3.05) is 0 Å². The Bertz CT molecular complexity index is 154. The maximum absolute atomic E-state index is 11.0. The lowest BCUT2D eigenvalue weighted by Gasteiger charge is -2.14. The molecule has 1 unspecified atom stereocenters. The molecule has 0 bridgehead atoms. The average Bonchev–Trinajstić information content (AvgIpc) is 1.94. The zero-order chi connectivity index (χ0) is 7.40. The van der Waals surface area contributed by atoms with Crippen LogP contribution in [0, 0.1) is 5.92 Å². The van der Waals surface area contributed by atoms with E-state index in [1.54, 1.807) is 0 Å². The first kappa shape index (κ1) is 7.25. The number of carbonyl (C=O) groups excluding carboxylic acids is 1. The van der Waals surface area contributed by atoms with Gasteiger partial charge in [-0.3, -0.25) is 4.79 Å². The highest BCUT2D eigenvalue weighted by Crippen LogP contribution is 2.18. The standard InChI is InChI=1S/C7H11NO2/c9-7-4-2-1-3-6(7)5-8-10/h5-6,10H,1-4H2/b8-5+. The van der Waals surface area contributed by atoms with Crippen molar-refractivity contribution < 1.29 is 10.0 Å². The minimum Gasteiger partial charge on any atom is -0.411 e. The number of hydrogen-bond donors (Lipinski definition) is 1. The van der Waals surface area contributed by atoms with Gasteiger partial charge in [0.1, 0.15) is 5.78 Å². The van der Waals surface area contributed by atoms with Crippen molar-refractivity contribution in [3.63, 3.8) is 0 Å². The highest BCUT2D eigenvalue weighted by molar-refractivity contribution is 5.95. The van der Waals surface area contributed by atoms with Crippen LogP contribution in [0.15, 0.2) is 5.16 Å². The number of ketones is 1. The summed E-state index contributed by atoms with van der Waals surface area (Å²) in [6, 6.07) is 0. The molecule has 0 heterocycles. The van der Waals surface area contributed by atoms with E-state index >= 15 is 0 Å². The summed E-state index contributed by atoms with van der Waals surface area (Å²) in [4.78, 5) is 11.0. The van der Waals surface area contributed by atoms with Gasteiger partial charge in [-0.25, -0.2) is 0 Å². The fourth-order valence-electron chi connectivity index (χ4n) is 1.25. The van der Waals surface area contributed by atoms with Crippen LogP contribution in [0.3, 0.4) is 0 Å². The van der Waals surface area contributed by atoms with Crippen LogP contribution in [0.5, 0.6) is 0 Å². The number of nitrogens with zero attached hydrogens (tertiary/aromatic N) is 1. The van der Waals surface area contributed by atoms with Crippen LogP contribution < -0.4 is 0 Å². The van der Waals surface area contributed by atoms with Gasteiger partial charge < -0.3 is 5.21 Å². The Morgan fingerprint density at radius 2 is 2.40 bits per heavy atom. The van der Waals surface area contributed by atoms with Crippen LogP contribution in [0.25, 0.3) is 0 Å². The Hall–Kier alpha value is -0.860. The molecule has 0 aliphatic heterocycles. The number of Topliss-reactive ketones (excluding diaryl/α,β-unsaturated/α-hetero) is 1. The molecule has 0 amide bonds. The molecule has 0 spiro atoms. The maximum atomic E-state index is 11.0. The molecule has 1 N–H and O–H groups in total. The van der Waals surface area contributed by atoms with Gasteiger partial charge in [0.15, 0.2) is 0 Å². The number of carbonyl (C=O) groups is 1. The smallest absolute Gasteiger partial charge is 0.141 e. The average molecular weight is 141 g/mol. The maximum Gasteiger partial charge on any atom is 0.141 e. The molecule has 56 valence electrons. The van der Waals surface area contributed by atoms with Crippen LogP contribution in [-0.2, 0) is 4.79 Å². The van der Waals surface area contributed by atoms with Crippen molar-refractivity contribution in [1.29, 1.82) is 0 Å². The van der Waals surface area contributed by atoms with E-state index in [-0.39, 0.29) is 11.7 Å². The minimum atomic E-state index is -0.112. The van der Waals surface area contributed by atoms with E-state index < -0.39 is 0 Å². The molecule has 1 atom stereocenters. The number of hydrogen-bond acceptors (Lipinski definition) is 3. The third-order valence-electron chi connectivity index (χ3n) is 1.85. The van der Waals surface area contributed by atoms with E-state index in [4.69, 9.17) is 5.21 Å². The molecule has 10 heavy (non-hydrogen) atoms. The quantitative estimate of drug-likeness (QED) is 0.339. The Labute approximate surface area is 59.7 Å². The summed E-state index contributed by atoms with van der Waals surface area (Å²) in [6.07, 6.45) is 4.90. The van der Waals surface area contributed by atoms with Gasteiger partial charge in [0, 0.05) is 6.42 Å². The predicted octanol–water partition coefficient (Wildman–Crippen LogP) is 1.21. The lowest BCUT2D eigenvalue weighted by atomic mass is 9.89. The molecule has 1 fully saturated rings. The normalized spacial score (nSPS) is 27.6. The van der Waals surface area contributed by atoms with Crippen molar-refractivity contribution in [2.45, 2.75) is 25.7 Å². The van der Waals surface area contributed by atoms with Gasteiger partial charge in [-0.15, -0.1) is 5.16 Å². The van der Waals surface area contributed by atoms with Gasteiger partial charge in [-0.05, 0) is 12.8 Å². The fourth-order valence-corrected chi connectivity index (χ4v) is 1.25. The van der Waals surface area contributed by atoms with Gasteiger partial charge in [-0.2, -0.15) is 0 Å². The molecule has 3 nitrogen and oxygen atoms in total. The first-order valence-electron chi connectivity index (χ1n) is 3.55. The Balaban J connectivity index is 2.48.